The molecular weight excluding hydrogens is 206 g/mol. The molecule has 80 valence electrons. The van der Waals surface area contributed by atoms with E-state index in [9.17, 15) is 4.79 Å². The summed E-state index contributed by atoms with van der Waals surface area (Å²) in [5.74, 6) is -0.135. The molecule has 2 rings (SSSR count). The number of hydrogen-bond donors (Lipinski definition) is 2. The van der Waals surface area contributed by atoms with Crippen molar-refractivity contribution >= 4 is 12.1 Å². The summed E-state index contributed by atoms with van der Waals surface area (Å²) in [6.07, 6.45) is 0.604. The van der Waals surface area contributed by atoms with Gasteiger partial charge >= 0.3 is 0 Å². The molecule has 16 heavy (non-hydrogen) atoms. The van der Waals surface area contributed by atoms with Crippen molar-refractivity contribution < 1.29 is 9.90 Å². The first-order valence-corrected chi connectivity index (χ1v) is 4.63. The molecule has 1 aromatic heterocycles. The van der Waals surface area contributed by atoms with Gasteiger partial charge in [-0.1, -0.05) is 18.2 Å². The average molecular weight is 215 g/mol. The fourth-order valence-corrected chi connectivity index (χ4v) is 1.36. The molecule has 0 saturated carbocycles. The van der Waals surface area contributed by atoms with Crippen LogP contribution in [0.5, 0.6) is 5.88 Å². The summed E-state index contributed by atoms with van der Waals surface area (Å²) in [6.45, 7) is 0. The average Bonchev–Trinajstić information content (AvgIpc) is 2.32. The van der Waals surface area contributed by atoms with Gasteiger partial charge in [0, 0.05) is 17.3 Å². The Morgan fingerprint density at radius 2 is 1.94 bits per heavy atom. The van der Waals surface area contributed by atoms with Crippen LogP contribution in [0, 0.1) is 0 Å². The lowest BCUT2D eigenvalue weighted by Gasteiger charge is -2.06. The van der Waals surface area contributed by atoms with Crippen molar-refractivity contribution in [3.8, 4) is 17.1 Å². The van der Waals surface area contributed by atoms with Crippen LogP contribution in [0.4, 0.5) is 5.69 Å². The number of carbonyl (C=O) groups is 1. The predicted octanol–water partition coefficient (Wildman–Crippen LogP) is 1.42. The van der Waals surface area contributed by atoms with Crippen LogP contribution in [0.1, 0.15) is 0 Å². The summed E-state index contributed by atoms with van der Waals surface area (Å²) in [7, 11) is 0. The maximum absolute atomic E-state index is 10.4. The summed E-state index contributed by atoms with van der Waals surface area (Å²) in [5.41, 5.74) is 1.99. The van der Waals surface area contributed by atoms with Crippen molar-refractivity contribution in [3.63, 3.8) is 0 Å². The lowest BCUT2D eigenvalue weighted by atomic mass is 10.1. The van der Waals surface area contributed by atoms with E-state index in [-0.39, 0.29) is 5.88 Å². The SMILES string of the molecule is O=CNc1ccccc1-c1ccc(O)nn1. The van der Waals surface area contributed by atoms with E-state index in [0.29, 0.717) is 17.8 Å². The van der Waals surface area contributed by atoms with E-state index in [4.69, 9.17) is 5.11 Å². The number of anilines is 1. The molecule has 5 heteroatoms. The Morgan fingerprint density at radius 3 is 2.62 bits per heavy atom. The second kappa shape index (κ2) is 4.39. The van der Waals surface area contributed by atoms with Crippen LogP contribution in [0.3, 0.4) is 0 Å². The zero-order chi connectivity index (χ0) is 11.4. The van der Waals surface area contributed by atoms with Crippen LogP contribution in [0.15, 0.2) is 36.4 Å². The number of amides is 1. The van der Waals surface area contributed by atoms with Gasteiger partial charge in [0.05, 0.1) is 5.69 Å². The fraction of sp³-hybridized carbons (Fsp3) is 0. The van der Waals surface area contributed by atoms with Gasteiger partial charge in [-0.2, -0.15) is 0 Å². The number of hydrogen-bond acceptors (Lipinski definition) is 4. The van der Waals surface area contributed by atoms with Crippen molar-refractivity contribution in [3.05, 3.63) is 36.4 Å². The summed E-state index contributed by atoms with van der Waals surface area (Å²) in [6, 6.07) is 10.3. The van der Waals surface area contributed by atoms with Gasteiger partial charge in [-0.15, -0.1) is 10.2 Å². The predicted molar refractivity (Wildman–Crippen MR) is 58.8 cm³/mol. The van der Waals surface area contributed by atoms with E-state index in [1.54, 1.807) is 12.1 Å². The Hall–Kier alpha value is -2.43. The Bertz CT molecular complexity index is 497. The first-order valence-electron chi connectivity index (χ1n) is 4.63. The summed E-state index contributed by atoms with van der Waals surface area (Å²) in [4.78, 5) is 10.4. The normalized spacial score (nSPS) is 9.75. The van der Waals surface area contributed by atoms with Crippen molar-refractivity contribution in [2.24, 2.45) is 0 Å². The van der Waals surface area contributed by atoms with E-state index in [1.807, 2.05) is 18.2 Å². The number of aromatic hydroxyl groups is 1. The van der Waals surface area contributed by atoms with E-state index < -0.39 is 0 Å². The number of para-hydroxylation sites is 1. The first-order chi connectivity index (χ1) is 7.81. The number of benzene rings is 1. The molecule has 0 aliphatic rings. The van der Waals surface area contributed by atoms with Gasteiger partial charge in [0.25, 0.3) is 0 Å². The molecule has 2 N–H and O–H groups in total. The molecule has 5 nitrogen and oxygen atoms in total. The van der Waals surface area contributed by atoms with Crippen molar-refractivity contribution in [2.45, 2.75) is 0 Å². The quantitative estimate of drug-likeness (QED) is 0.759. The number of carbonyl (C=O) groups excluding carboxylic acids is 1. The van der Waals surface area contributed by atoms with Crippen molar-refractivity contribution in [2.75, 3.05) is 5.32 Å². The molecule has 0 bridgehead atoms. The van der Waals surface area contributed by atoms with Crippen LogP contribution >= 0.6 is 0 Å². The lowest BCUT2D eigenvalue weighted by Crippen LogP contribution is -1.97. The van der Waals surface area contributed by atoms with Gasteiger partial charge in [0.1, 0.15) is 0 Å². The van der Waals surface area contributed by atoms with Crippen molar-refractivity contribution in [1.29, 1.82) is 0 Å². The Kier molecular flexibility index (Phi) is 2.77. The second-order valence-corrected chi connectivity index (χ2v) is 3.08. The standard InChI is InChI=1S/C11H9N3O2/c15-7-12-9-4-2-1-3-8(9)10-5-6-11(16)14-13-10/h1-7H,(H,12,15)(H,14,16). The monoisotopic (exact) mass is 215 g/mol. The van der Waals surface area contributed by atoms with Gasteiger partial charge in [-0.3, -0.25) is 4.79 Å². The topological polar surface area (TPSA) is 75.1 Å². The Balaban J connectivity index is 2.46. The molecule has 1 amide bonds. The van der Waals surface area contributed by atoms with Gasteiger partial charge in [0.2, 0.25) is 12.3 Å². The van der Waals surface area contributed by atoms with Gasteiger partial charge in [-0.25, -0.2) is 0 Å². The molecule has 1 aromatic carbocycles. The molecule has 0 saturated heterocycles. The lowest BCUT2D eigenvalue weighted by molar-refractivity contribution is -0.105. The maximum Gasteiger partial charge on any atom is 0.230 e. The molecule has 2 aromatic rings. The Morgan fingerprint density at radius 1 is 1.12 bits per heavy atom. The zero-order valence-corrected chi connectivity index (χ0v) is 8.29. The number of rotatable bonds is 3. The van der Waals surface area contributed by atoms with Crippen LogP contribution in [0.2, 0.25) is 0 Å². The van der Waals surface area contributed by atoms with E-state index >= 15 is 0 Å². The second-order valence-electron chi connectivity index (χ2n) is 3.08. The molecule has 0 radical (unpaired) electrons. The third-order valence-electron chi connectivity index (χ3n) is 2.07. The zero-order valence-electron chi connectivity index (χ0n) is 8.29. The maximum atomic E-state index is 10.4. The van der Waals surface area contributed by atoms with E-state index in [0.717, 1.165) is 5.56 Å². The number of nitrogens with zero attached hydrogens (tertiary/aromatic N) is 2. The highest BCUT2D eigenvalue weighted by Crippen LogP contribution is 2.25. The molecule has 0 unspecified atom stereocenters. The first kappa shape index (κ1) is 10.1. The highest BCUT2D eigenvalue weighted by molar-refractivity contribution is 5.83. The van der Waals surface area contributed by atoms with Crippen LogP contribution in [0.25, 0.3) is 11.3 Å². The minimum absolute atomic E-state index is 0.135. The number of nitrogens with one attached hydrogen (secondary N) is 1. The third-order valence-corrected chi connectivity index (χ3v) is 2.07. The summed E-state index contributed by atoms with van der Waals surface area (Å²) >= 11 is 0. The third kappa shape index (κ3) is 1.98. The van der Waals surface area contributed by atoms with Gasteiger partial charge < -0.3 is 10.4 Å². The molecule has 0 spiro atoms. The molecule has 0 atom stereocenters. The molecule has 0 aliphatic heterocycles. The number of aromatic nitrogens is 2. The Labute approximate surface area is 91.8 Å². The van der Waals surface area contributed by atoms with Gasteiger partial charge in [0.15, 0.2) is 0 Å². The van der Waals surface area contributed by atoms with Crippen LogP contribution in [-0.4, -0.2) is 21.7 Å². The van der Waals surface area contributed by atoms with E-state index in [2.05, 4.69) is 15.5 Å². The smallest absolute Gasteiger partial charge is 0.230 e. The molecule has 0 aliphatic carbocycles. The molecule has 0 fully saturated rings. The van der Waals surface area contributed by atoms with Crippen LogP contribution < -0.4 is 5.32 Å². The van der Waals surface area contributed by atoms with Crippen LogP contribution in [-0.2, 0) is 4.79 Å². The fourth-order valence-electron chi connectivity index (χ4n) is 1.36. The minimum Gasteiger partial charge on any atom is -0.492 e. The summed E-state index contributed by atoms with van der Waals surface area (Å²) < 4.78 is 0. The van der Waals surface area contributed by atoms with E-state index in [1.165, 1.54) is 6.07 Å². The van der Waals surface area contributed by atoms with Crippen molar-refractivity contribution in [1.82, 2.24) is 10.2 Å². The summed E-state index contributed by atoms with van der Waals surface area (Å²) in [5, 5.41) is 19.0. The molecule has 1 heterocycles. The highest BCUT2D eigenvalue weighted by Gasteiger charge is 2.05. The van der Waals surface area contributed by atoms with Gasteiger partial charge in [-0.05, 0) is 12.1 Å². The largest absolute Gasteiger partial charge is 0.492 e. The minimum atomic E-state index is -0.135. The highest BCUT2D eigenvalue weighted by atomic mass is 16.3. The molecular formula is C11H9N3O2.